The van der Waals surface area contributed by atoms with Crippen LogP contribution < -0.4 is 5.32 Å². The standard InChI is InChI=1S/C26H29N.C2H6/c1-5-8-9-10-11-14-22-15-12-16-25(19-22)27-26-20-24(18-17-21(26)4)23(7-3)13-6-2;1-2/h5-13,15-20,27H,1,14H2,2-4H3;1-2H3/b9-8-,11-10-,13-6-,23-7+;. The van der Waals surface area contributed by atoms with Gasteiger partial charge in [-0.2, -0.15) is 0 Å². The molecule has 2 aromatic rings. The van der Waals surface area contributed by atoms with Crippen LogP contribution in [0.25, 0.3) is 5.57 Å². The van der Waals surface area contributed by atoms with Crippen molar-refractivity contribution in [1.29, 1.82) is 0 Å². The van der Waals surface area contributed by atoms with E-state index in [1.54, 1.807) is 6.08 Å². The lowest BCUT2D eigenvalue weighted by molar-refractivity contribution is 1.27. The first-order valence-corrected chi connectivity index (χ1v) is 10.4. The van der Waals surface area contributed by atoms with Crippen molar-refractivity contribution in [2.24, 2.45) is 0 Å². The van der Waals surface area contributed by atoms with Crippen molar-refractivity contribution < 1.29 is 0 Å². The Hall–Kier alpha value is -3.06. The van der Waals surface area contributed by atoms with Crippen LogP contribution in [0.2, 0.25) is 0 Å². The molecule has 0 heterocycles. The molecule has 0 fully saturated rings. The molecule has 2 rings (SSSR count). The van der Waals surface area contributed by atoms with Gasteiger partial charge in [-0.25, -0.2) is 0 Å². The second-order valence-corrected chi connectivity index (χ2v) is 6.35. The van der Waals surface area contributed by atoms with Crippen LogP contribution in [-0.4, -0.2) is 0 Å². The van der Waals surface area contributed by atoms with Crippen LogP contribution in [0, 0.1) is 6.92 Å². The van der Waals surface area contributed by atoms with Crippen LogP contribution in [0.3, 0.4) is 0 Å². The summed E-state index contributed by atoms with van der Waals surface area (Å²) in [7, 11) is 0. The van der Waals surface area contributed by atoms with Crippen molar-refractivity contribution in [3.8, 4) is 0 Å². The molecule has 152 valence electrons. The highest BCUT2D eigenvalue weighted by atomic mass is 14.9. The fraction of sp³-hybridized carbons (Fsp3) is 0.214. The second-order valence-electron chi connectivity index (χ2n) is 6.35. The molecule has 0 spiro atoms. The minimum absolute atomic E-state index is 0.903. The predicted octanol–water partition coefficient (Wildman–Crippen LogP) is 8.59. The van der Waals surface area contributed by atoms with Gasteiger partial charge in [0.15, 0.2) is 0 Å². The van der Waals surface area contributed by atoms with Crippen molar-refractivity contribution >= 4 is 16.9 Å². The zero-order valence-corrected chi connectivity index (χ0v) is 18.6. The van der Waals surface area contributed by atoms with Gasteiger partial charge in [-0.1, -0.05) is 93.3 Å². The molecule has 0 saturated heterocycles. The van der Waals surface area contributed by atoms with Crippen LogP contribution in [0.4, 0.5) is 11.4 Å². The normalized spacial score (nSPS) is 11.7. The van der Waals surface area contributed by atoms with Gasteiger partial charge in [0.25, 0.3) is 0 Å². The monoisotopic (exact) mass is 385 g/mol. The van der Waals surface area contributed by atoms with Crippen molar-refractivity contribution in [1.82, 2.24) is 0 Å². The average Bonchev–Trinajstić information content (AvgIpc) is 2.75. The highest BCUT2D eigenvalue weighted by Gasteiger charge is 2.04. The lowest BCUT2D eigenvalue weighted by atomic mass is 10.0. The molecule has 0 saturated carbocycles. The van der Waals surface area contributed by atoms with Gasteiger partial charge in [0.1, 0.15) is 0 Å². The highest BCUT2D eigenvalue weighted by molar-refractivity contribution is 5.77. The lowest BCUT2D eigenvalue weighted by Gasteiger charge is -2.13. The summed E-state index contributed by atoms with van der Waals surface area (Å²) >= 11 is 0. The Morgan fingerprint density at radius 1 is 1.00 bits per heavy atom. The highest BCUT2D eigenvalue weighted by Crippen LogP contribution is 2.26. The van der Waals surface area contributed by atoms with Gasteiger partial charge in [-0.3, -0.25) is 0 Å². The Bertz CT molecular complexity index is 879. The number of anilines is 2. The topological polar surface area (TPSA) is 12.0 Å². The van der Waals surface area contributed by atoms with Gasteiger partial charge >= 0.3 is 0 Å². The third kappa shape index (κ3) is 8.23. The average molecular weight is 386 g/mol. The molecule has 0 atom stereocenters. The Kier molecular flexibility index (Phi) is 11.6. The summed E-state index contributed by atoms with van der Waals surface area (Å²) in [5.74, 6) is 0. The van der Waals surface area contributed by atoms with Gasteiger partial charge in [0.05, 0.1) is 0 Å². The lowest BCUT2D eigenvalue weighted by Crippen LogP contribution is -1.95. The van der Waals surface area contributed by atoms with Crippen molar-refractivity contribution in [2.45, 2.75) is 41.0 Å². The fourth-order valence-corrected chi connectivity index (χ4v) is 2.83. The zero-order valence-electron chi connectivity index (χ0n) is 18.6. The van der Waals surface area contributed by atoms with E-state index in [0.29, 0.717) is 0 Å². The molecule has 1 nitrogen and oxygen atoms in total. The molecule has 0 amide bonds. The maximum absolute atomic E-state index is 3.67. The molecule has 29 heavy (non-hydrogen) atoms. The molecule has 0 bridgehead atoms. The number of hydrogen-bond acceptors (Lipinski definition) is 1. The number of allylic oxidation sites excluding steroid dienone is 9. The smallest absolute Gasteiger partial charge is 0.0420 e. The first kappa shape index (κ1) is 24.0. The summed E-state index contributed by atoms with van der Waals surface area (Å²) in [6.45, 7) is 13.9. The Labute approximate surface area is 177 Å². The molecule has 0 aliphatic carbocycles. The molecule has 0 aliphatic rings. The second kappa shape index (κ2) is 14.0. The summed E-state index contributed by atoms with van der Waals surface area (Å²) in [5, 5.41) is 3.58. The van der Waals surface area contributed by atoms with Gasteiger partial charge < -0.3 is 5.32 Å². The Morgan fingerprint density at radius 3 is 2.48 bits per heavy atom. The Morgan fingerprint density at radius 2 is 1.79 bits per heavy atom. The van der Waals surface area contributed by atoms with Crippen LogP contribution in [0.15, 0.2) is 97.7 Å². The predicted molar refractivity (Wildman–Crippen MR) is 133 cm³/mol. The SMILES string of the molecule is C=C/C=C\C=C/Cc1cccc(Nc2cc(C(/C=C\C)=C/C)ccc2C)c1.CC. The van der Waals surface area contributed by atoms with Crippen LogP contribution in [-0.2, 0) is 6.42 Å². The van der Waals surface area contributed by atoms with E-state index >= 15 is 0 Å². The first-order chi connectivity index (χ1) is 14.2. The molecule has 0 unspecified atom stereocenters. The zero-order chi connectivity index (χ0) is 21.5. The molecule has 2 aromatic carbocycles. The molecular weight excluding hydrogens is 350 g/mol. The largest absolute Gasteiger partial charge is 0.355 e. The van der Waals surface area contributed by atoms with E-state index in [-0.39, 0.29) is 0 Å². The van der Waals surface area contributed by atoms with E-state index in [0.717, 1.165) is 17.8 Å². The summed E-state index contributed by atoms with van der Waals surface area (Å²) in [5.41, 5.74) is 7.20. The number of aryl methyl sites for hydroxylation is 1. The fourth-order valence-electron chi connectivity index (χ4n) is 2.83. The van der Waals surface area contributed by atoms with E-state index in [1.807, 2.05) is 32.9 Å². The van der Waals surface area contributed by atoms with E-state index in [2.05, 4.69) is 98.6 Å². The third-order valence-corrected chi connectivity index (χ3v) is 4.28. The van der Waals surface area contributed by atoms with Crippen LogP contribution >= 0.6 is 0 Å². The number of hydrogen-bond donors (Lipinski definition) is 1. The van der Waals surface area contributed by atoms with E-state index < -0.39 is 0 Å². The number of benzene rings is 2. The summed E-state index contributed by atoms with van der Waals surface area (Å²) in [6, 6.07) is 15.1. The van der Waals surface area contributed by atoms with Crippen LogP contribution in [0.1, 0.15) is 44.4 Å². The molecule has 1 heteroatoms. The molecule has 1 N–H and O–H groups in total. The molecular formula is C28H35N. The minimum atomic E-state index is 0.903. The summed E-state index contributed by atoms with van der Waals surface area (Å²) in [4.78, 5) is 0. The summed E-state index contributed by atoms with van der Waals surface area (Å²) < 4.78 is 0. The van der Waals surface area contributed by atoms with Crippen molar-refractivity contribution in [2.75, 3.05) is 5.32 Å². The summed E-state index contributed by atoms with van der Waals surface area (Å²) in [6.07, 6.45) is 17.2. The molecule has 0 aromatic heterocycles. The minimum Gasteiger partial charge on any atom is -0.355 e. The van der Waals surface area contributed by atoms with Gasteiger partial charge in [-0.15, -0.1) is 0 Å². The Balaban J connectivity index is 0.00000204. The first-order valence-electron chi connectivity index (χ1n) is 10.4. The maximum atomic E-state index is 3.67. The third-order valence-electron chi connectivity index (χ3n) is 4.28. The van der Waals surface area contributed by atoms with Gasteiger partial charge in [-0.05, 0) is 67.7 Å². The van der Waals surface area contributed by atoms with Crippen molar-refractivity contribution in [3.63, 3.8) is 0 Å². The number of nitrogens with one attached hydrogen (secondary N) is 1. The van der Waals surface area contributed by atoms with E-state index in [9.17, 15) is 0 Å². The van der Waals surface area contributed by atoms with Crippen molar-refractivity contribution in [3.05, 3.63) is 114 Å². The molecule has 0 aliphatic heterocycles. The number of rotatable bonds is 8. The van der Waals surface area contributed by atoms with E-state index in [1.165, 1.54) is 22.3 Å². The maximum Gasteiger partial charge on any atom is 0.0420 e. The van der Waals surface area contributed by atoms with Gasteiger partial charge in [0, 0.05) is 11.4 Å². The van der Waals surface area contributed by atoms with Gasteiger partial charge in [0.2, 0.25) is 0 Å². The van der Waals surface area contributed by atoms with E-state index in [4.69, 9.17) is 0 Å². The quantitative estimate of drug-likeness (QED) is 0.449. The van der Waals surface area contributed by atoms with Crippen LogP contribution in [0.5, 0.6) is 0 Å². The molecule has 0 radical (unpaired) electrons.